The minimum atomic E-state index is 0.501. The normalized spacial score (nSPS) is 18.9. The summed E-state index contributed by atoms with van der Waals surface area (Å²) in [5.74, 6) is 0. The van der Waals surface area contributed by atoms with E-state index in [0.717, 1.165) is 10.9 Å². The van der Waals surface area contributed by atoms with Gasteiger partial charge in [-0.15, -0.1) is 22.7 Å². The Hall–Kier alpha value is -0.350. The Morgan fingerprint density at radius 2 is 2.44 bits per heavy atom. The van der Waals surface area contributed by atoms with Crippen LogP contribution < -0.4 is 5.32 Å². The number of hydrogen-bond acceptors (Lipinski definition) is 3. The van der Waals surface area contributed by atoms with Gasteiger partial charge in [0.1, 0.15) is 0 Å². The Morgan fingerprint density at radius 3 is 3.25 bits per heavy atom. The summed E-state index contributed by atoms with van der Waals surface area (Å²) in [6, 6.07) is 6.90. The summed E-state index contributed by atoms with van der Waals surface area (Å²) in [5, 5.41) is 5.74. The Balaban J connectivity index is 1.69. The summed E-state index contributed by atoms with van der Waals surface area (Å²) in [5.41, 5.74) is 1.42. The second-order valence-electron chi connectivity index (χ2n) is 3.98. The average Bonchev–Trinajstić information content (AvgIpc) is 2.91. The van der Waals surface area contributed by atoms with E-state index in [0.29, 0.717) is 6.04 Å². The molecule has 0 aliphatic heterocycles. The molecule has 2 aromatic heterocycles. The van der Waals surface area contributed by atoms with Gasteiger partial charge >= 0.3 is 0 Å². The van der Waals surface area contributed by atoms with Crippen LogP contribution in [0.3, 0.4) is 0 Å². The van der Waals surface area contributed by atoms with Gasteiger partial charge in [0.05, 0.1) is 4.34 Å². The van der Waals surface area contributed by atoms with Crippen molar-refractivity contribution in [1.29, 1.82) is 0 Å². The first-order valence-electron chi connectivity index (χ1n) is 5.37. The SMILES string of the molecule is Clc1cc2c(s1)CCC2NCc1cccs1. The molecule has 3 rings (SSSR count). The molecular formula is C12H12ClNS2. The van der Waals surface area contributed by atoms with Gasteiger partial charge < -0.3 is 5.32 Å². The van der Waals surface area contributed by atoms with E-state index in [-0.39, 0.29) is 0 Å². The van der Waals surface area contributed by atoms with Gasteiger partial charge in [-0.1, -0.05) is 17.7 Å². The summed E-state index contributed by atoms with van der Waals surface area (Å²) in [6.07, 6.45) is 2.39. The molecule has 84 valence electrons. The minimum Gasteiger partial charge on any atom is -0.305 e. The van der Waals surface area contributed by atoms with E-state index in [4.69, 9.17) is 11.6 Å². The fraction of sp³-hybridized carbons (Fsp3) is 0.333. The molecule has 0 amide bonds. The third-order valence-corrected chi connectivity index (χ3v) is 5.17. The Kier molecular flexibility index (Phi) is 3.03. The number of hydrogen-bond donors (Lipinski definition) is 1. The van der Waals surface area contributed by atoms with Crippen LogP contribution in [0.4, 0.5) is 0 Å². The van der Waals surface area contributed by atoms with Crippen molar-refractivity contribution >= 4 is 34.3 Å². The second kappa shape index (κ2) is 4.49. The predicted molar refractivity (Wildman–Crippen MR) is 71.5 cm³/mol. The largest absolute Gasteiger partial charge is 0.305 e. The van der Waals surface area contributed by atoms with Crippen molar-refractivity contribution in [2.45, 2.75) is 25.4 Å². The topological polar surface area (TPSA) is 12.0 Å². The van der Waals surface area contributed by atoms with Gasteiger partial charge in [0, 0.05) is 22.3 Å². The summed E-state index contributed by atoms with van der Waals surface area (Å²) in [4.78, 5) is 2.86. The molecular weight excluding hydrogens is 258 g/mol. The predicted octanol–water partition coefficient (Wildman–Crippen LogP) is 4.24. The lowest BCUT2D eigenvalue weighted by atomic mass is 10.2. The lowest BCUT2D eigenvalue weighted by Crippen LogP contribution is -2.17. The van der Waals surface area contributed by atoms with Crippen LogP contribution in [0, 0.1) is 0 Å². The van der Waals surface area contributed by atoms with Crippen molar-refractivity contribution in [3.05, 3.63) is 43.2 Å². The fourth-order valence-corrected chi connectivity index (χ4v) is 4.19. The first kappa shape index (κ1) is 10.8. The Bertz CT molecular complexity index is 475. The number of aryl methyl sites for hydroxylation is 1. The molecule has 0 saturated carbocycles. The number of halogens is 1. The maximum absolute atomic E-state index is 6.04. The maximum atomic E-state index is 6.04. The number of nitrogens with one attached hydrogen (secondary N) is 1. The van der Waals surface area contributed by atoms with Crippen LogP contribution in [-0.2, 0) is 13.0 Å². The van der Waals surface area contributed by atoms with Gasteiger partial charge in [-0.3, -0.25) is 0 Å². The highest BCUT2D eigenvalue weighted by molar-refractivity contribution is 7.16. The van der Waals surface area contributed by atoms with E-state index in [2.05, 4.69) is 28.9 Å². The molecule has 2 heterocycles. The highest BCUT2D eigenvalue weighted by Gasteiger charge is 2.24. The van der Waals surface area contributed by atoms with E-state index in [1.165, 1.54) is 28.2 Å². The molecule has 0 bridgehead atoms. The molecule has 0 aromatic carbocycles. The van der Waals surface area contributed by atoms with Crippen molar-refractivity contribution in [1.82, 2.24) is 5.32 Å². The van der Waals surface area contributed by atoms with Crippen molar-refractivity contribution < 1.29 is 0 Å². The number of fused-ring (bicyclic) bond motifs is 1. The van der Waals surface area contributed by atoms with Crippen molar-refractivity contribution in [2.75, 3.05) is 0 Å². The van der Waals surface area contributed by atoms with Crippen LogP contribution in [0.15, 0.2) is 23.6 Å². The zero-order chi connectivity index (χ0) is 11.0. The smallest absolute Gasteiger partial charge is 0.0934 e. The summed E-state index contributed by atoms with van der Waals surface area (Å²) < 4.78 is 0.924. The Morgan fingerprint density at radius 1 is 1.50 bits per heavy atom. The highest BCUT2D eigenvalue weighted by Crippen LogP contribution is 2.39. The molecule has 4 heteroatoms. The van der Waals surface area contributed by atoms with Gasteiger partial charge in [0.2, 0.25) is 0 Å². The van der Waals surface area contributed by atoms with Crippen LogP contribution >= 0.6 is 34.3 Å². The fourth-order valence-electron chi connectivity index (χ4n) is 2.18. The molecule has 1 N–H and O–H groups in total. The van der Waals surface area contributed by atoms with E-state index in [9.17, 15) is 0 Å². The van der Waals surface area contributed by atoms with Crippen LogP contribution in [0.2, 0.25) is 4.34 Å². The zero-order valence-electron chi connectivity index (χ0n) is 8.70. The summed E-state index contributed by atoms with van der Waals surface area (Å²) in [7, 11) is 0. The molecule has 1 unspecified atom stereocenters. The van der Waals surface area contributed by atoms with Crippen molar-refractivity contribution in [3.63, 3.8) is 0 Å². The van der Waals surface area contributed by atoms with Crippen molar-refractivity contribution in [3.8, 4) is 0 Å². The lowest BCUT2D eigenvalue weighted by Gasteiger charge is -2.11. The molecule has 1 aliphatic carbocycles. The standard InChI is InChI=1S/C12H12ClNS2/c13-12-6-9-10(3-4-11(9)16-12)14-7-8-2-1-5-15-8/h1-2,5-6,10,14H,3-4,7H2. The van der Waals surface area contributed by atoms with Gasteiger partial charge in [-0.05, 0) is 35.9 Å². The minimum absolute atomic E-state index is 0.501. The molecule has 1 aliphatic rings. The third kappa shape index (κ3) is 2.05. The number of thiophene rings is 2. The lowest BCUT2D eigenvalue weighted by molar-refractivity contribution is 0.533. The van der Waals surface area contributed by atoms with E-state index < -0.39 is 0 Å². The molecule has 16 heavy (non-hydrogen) atoms. The Labute approximate surface area is 108 Å². The first-order chi connectivity index (χ1) is 7.83. The van der Waals surface area contributed by atoms with Gasteiger partial charge in [-0.2, -0.15) is 0 Å². The quantitative estimate of drug-likeness (QED) is 0.879. The van der Waals surface area contributed by atoms with E-state index in [1.54, 1.807) is 22.7 Å². The van der Waals surface area contributed by atoms with Gasteiger partial charge in [0.15, 0.2) is 0 Å². The molecule has 2 aromatic rings. The van der Waals surface area contributed by atoms with Crippen LogP contribution in [0.5, 0.6) is 0 Å². The monoisotopic (exact) mass is 269 g/mol. The number of rotatable bonds is 3. The van der Waals surface area contributed by atoms with Gasteiger partial charge in [-0.25, -0.2) is 0 Å². The second-order valence-corrected chi connectivity index (χ2v) is 6.78. The van der Waals surface area contributed by atoms with Crippen LogP contribution in [0.25, 0.3) is 0 Å². The maximum Gasteiger partial charge on any atom is 0.0934 e. The molecule has 0 spiro atoms. The summed E-state index contributed by atoms with van der Waals surface area (Å²) >= 11 is 9.57. The molecule has 0 radical (unpaired) electrons. The molecule has 0 fully saturated rings. The molecule has 1 atom stereocenters. The zero-order valence-corrected chi connectivity index (χ0v) is 11.1. The summed E-state index contributed by atoms with van der Waals surface area (Å²) in [6.45, 7) is 0.967. The van der Waals surface area contributed by atoms with Gasteiger partial charge in [0.25, 0.3) is 0 Å². The third-order valence-electron chi connectivity index (χ3n) is 2.95. The van der Waals surface area contributed by atoms with E-state index in [1.807, 2.05) is 0 Å². The molecule has 1 nitrogen and oxygen atoms in total. The molecule has 0 saturated heterocycles. The van der Waals surface area contributed by atoms with Crippen LogP contribution in [-0.4, -0.2) is 0 Å². The van der Waals surface area contributed by atoms with Crippen molar-refractivity contribution in [2.24, 2.45) is 0 Å². The first-order valence-corrected chi connectivity index (χ1v) is 7.44. The highest BCUT2D eigenvalue weighted by atomic mass is 35.5. The average molecular weight is 270 g/mol. The van der Waals surface area contributed by atoms with E-state index >= 15 is 0 Å². The van der Waals surface area contributed by atoms with Crippen LogP contribution in [0.1, 0.15) is 27.8 Å².